The Morgan fingerprint density at radius 1 is 1.22 bits per heavy atom. The molecular weight excluding hydrogens is 246 g/mol. The van der Waals surface area contributed by atoms with Crippen molar-refractivity contribution in [1.29, 1.82) is 0 Å². The number of rotatable bonds is 3. The van der Waals surface area contributed by atoms with Gasteiger partial charge in [-0.3, -0.25) is 9.20 Å². The van der Waals surface area contributed by atoms with Crippen molar-refractivity contribution < 1.29 is 4.21 Å². The van der Waals surface area contributed by atoms with Crippen molar-refractivity contribution in [2.45, 2.75) is 51.2 Å². The van der Waals surface area contributed by atoms with E-state index in [-0.39, 0.29) is 4.75 Å². The lowest BCUT2D eigenvalue weighted by Crippen LogP contribution is -2.38. The SMILES string of the molecule is CC(C)(C)S(=O)CCN=C(N)N1CCCCCC1. The number of likely N-dealkylation sites (tertiary alicyclic amines) is 1. The molecule has 4 nitrogen and oxygen atoms in total. The fraction of sp³-hybridized carbons (Fsp3) is 0.923. The molecule has 106 valence electrons. The molecule has 0 aliphatic carbocycles. The summed E-state index contributed by atoms with van der Waals surface area (Å²) in [6, 6.07) is 0. The van der Waals surface area contributed by atoms with Crippen LogP contribution in [0.2, 0.25) is 0 Å². The zero-order valence-electron chi connectivity index (χ0n) is 11.9. The molecule has 1 unspecified atom stereocenters. The van der Waals surface area contributed by atoms with E-state index in [0.717, 1.165) is 13.1 Å². The number of hydrogen-bond donors (Lipinski definition) is 1. The van der Waals surface area contributed by atoms with Crippen molar-refractivity contribution in [3.05, 3.63) is 0 Å². The van der Waals surface area contributed by atoms with Crippen molar-refractivity contribution in [3.63, 3.8) is 0 Å². The molecule has 0 bridgehead atoms. The van der Waals surface area contributed by atoms with Crippen LogP contribution in [0.5, 0.6) is 0 Å². The molecule has 1 heterocycles. The first-order chi connectivity index (χ1) is 8.41. The van der Waals surface area contributed by atoms with E-state index >= 15 is 0 Å². The zero-order valence-corrected chi connectivity index (χ0v) is 12.8. The summed E-state index contributed by atoms with van der Waals surface area (Å²) in [5, 5.41) is 0. The largest absolute Gasteiger partial charge is 0.370 e. The van der Waals surface area contributed by atoms with Crippen molar-refractivity contribution in [1.82, 2.24) is 4.90 Å². The zero-order chi connectivity index (χ0) is 13.6. The topological polar surface area (TPSA) is 58.7 Å². The molecule has 2 N–H and O–H groups in total. The van der Waals surface area contributed by atoms with E-state index < -0.39 is 10.8 Å². The standard InChI is InChI=1S/C13H27N3OS/c1-13(2,3)18(17)11-8-15-12(14)16-9-6-4-5-7-10-16/h4-11H2,1-3H3,(H2,14,15). The molecule has 0 spiro atoms. The molecular formula is C13H27N3OS. The van der Waals surface area contributed by atoms with E-state index in [1.165, 1.54) is 25.7 Å². The van der Waals surface area contributed by atoms with Crippen molar-refractivity contribution in [2.75, 3.05) is 25.4 Å². The normalized spacial score (nSPS) is 20.6. The summed E-state index contributed by atoms with van der Waals surface area (Å²) in [6.45, 7) is 8.56. The van der Waals surface area contributed by atoms with Crippen LogP contribution in [0, 0.1) is 0 Å². The average Bonchev–Trinajstić information content (AvgIpc) is 2.55. The lowest BCUT2D eigenvalue weighted by Gasteiger charge is -2.21. The fourth-order valence-corrected chi connectivity index (χ4v) is 2.82. The van der Waals surface area contributed by atoms with Crippen LogP contribution >= 0.6 is 0 Å². The van der Waals surface area contributed by atoms with Gasteiger partial charge in [0.25, 0.3) is 0 Å². The number of guanidine groups is 1. The van der Waals surface area contributed by atoms with Crippen LogP contribution in [-0.2, 0) is 10.8 Å². The highest BCUT2D eigenvalue weighted by Gasteiger charge is 2.18. The molecule has 0 saturated carbocycles. The Labute approximate surface area is 113 Å². The van der Waals surface area contributed by atoms with E-state index in [4.69, 9.17) is 5.73 Å². The molecule has 1 aliphatic heterocycles. The molecule has 0 aromatic carbocycles. The van der Waals surface area contributed by atoms with Crippen molar-refractivity contribution >= 4 is 16.8 Å². The van der Waals surface area contributed by atoms with Crippen LogP contribution in [-0.4, -0.2) is 45.2 Å². The minimum absolute atomic E-state index is 0.160. The van der Waals surface area contributed by atoms with E-state index in [1.807, 2.05) is 20.8 Å². The molecule has 0 aromatic heterocycles. The molecule has 1 atom stereocenters. The molecule has 0 aromatic rings. The molecule has 0 amide bonds. The lowest BCUT2D eigenvalue weighted by atomic mass is 10.2. The smallest absolute Gasteiger partial charge is 0.191 e. The van der Waals surface area contributed by atoms with Crippen LogP contribution in [0.3, 0.4) is 0 Å². The fourth-order valence-electron chi connectivity index (χ4n) is 1.95. The minimum atomic E-state index is -0.843. The average molecular weight is 273 g/mol. The number of nitrogens with two attached hydrogens (primary N) is 1. The van der Waals surface area contributed by atoms with Gasteiger partial charge in [0.15, 0.2) is 5.96 Å². The third-order valence-corrected chi connectivity index (χ3v) is 5.08. The monoisotopic (exact) mass is 273 g/mol. The first-order valence-corrected chi connectivity index (χ1v) is 8.16. The van der Waals surface area contributed by atoms with Crippen LogP contribution in [0.15, 0.2) is 4.99 Å². The highest BCUT2D eigenvalue weighted by molar-refractivity contribution is 7.86. The molecule has 1 rings (SSSR count). The summed E-state index contributed by atoms with van der Waals surface area (Å²) < 4.78 is 11.7. The van der Waals surface area contributed by atoms with Crippen molar-refractivity contribution in [3.8, 4) is 0 Å². The summed E-state index contributed by atoms with van der Waals surface area (Å²) in [6.07, 6.45) is 4.98. The third kappa shape index (κ3) is 5.38. The summed E-state index contributed by atoms with van der Waals surface area (Å²) >= 11 is 0. The minimum Gasteiger partial charge on any atom is -0.370 e. The van der Waals surface area contributed by atoms with Gasteiger partial charge in [0.1, 0.15) is 0 Å². The molecule has 18 heavy (non-hydrogen) atoms. The van der Waals surface area contributed by atoms with E-state index in [2.05, 4.69) is 9.89 Å². The summed E-state index contributed by atoms with van der Waals surface area (Å²) in [5.74, 6) is 1.22. The second kappa shape index (κ2) is 7.12. The molecule has 1 fully saturated rings. The van der Waals surface area contributed by atoms with Gasteiger partial charge in [-0.2, -0.15) is 0 Å². The van der Waals surface area contributed by atoms with Crippen LogP contribution in [0.1, 0.15) is 46.5 Å². The molecule has 5 heteroatoms. The first-order valence-electron chi connectivity index (χ1n) is 6.84. The van der Waals surface area contributed by atoms with Crippen LogP contribution < -0.4 is 5.73 Å². The number of nitrogens with zero attached hydrogens (tertiary/aromatic N) is 2. The Hall–Kier alpha value is -0.580. The highest BCUT2D eigenvalue weighted by Crippen LogP contribution is 2.11. The van der Waals surface area contributed by atoms with Crippen LogP contribution in [0.4, 0.5) is 0 Å². The maximum atomic E-state index is 11.9. The maximum absolute atomic E-state index is 11.9. The van der Waals surface area contributed by atoms with E-state index in [1.54, 1.807) is 0 Å². The van der Waals surface area contributed by atoms with Gasteiger partial charge in [0.2, 0.25) is 0 Å². The molecule has 1 saturated heterocycles. The van der Waals surface area contributed by atoms with Gasteiger partial charge < -0.3 is 10.6 Å². The van der Waals surface area contributed by atoms with Gasteiger partial charge in [-0.05, 0) is 33.6 Å². The van der Waals surface area contributed by atoms with E-state index in [0.29, 0.717) is 18.3 Å². The number of aliphatic imine (C=N–C) groups is 1. The summed E-state index contributed by atoms with van der Waals surface area (Å²) in [5.41, 5.74) is 5.99. The number of hydrogen-bond acceptors (Lipinski definition) is 2. The second-order valence-corrected chi connectivity index (χ2v) is 8.13. The van der Waals surface area contributed by atoms with Crippen molar-refractivity contribution in [2.24, 2.45) is 10.7 Å². The molecule has 0 radical (unpaired) electrons. The predicted molar refractivity (Wildman–Crippen MR) is 79.3 cm³/mol. The third-order valence-electron chi connectivity index (χ3n) is 3.16. The predicted octanol–water partition coefficient (Wildman–Crippen LogP) is 1.72. The Morgan fingerprint density at radius 3 is 2.28 bits per heavy atom. The first kappa shape index (κ1) is 15.5. The lowest BCUT2D eigenvalue weighted by molar-refractivity contribution is 0.429. The summed E-state index contributed by atoms with van der Waals surface area (Å²) in [4.78, 5) is 6.53. The van der Waals surface area contributed by atoms with Gasteiger partial charge in [-0.15, -0.1) is 0 Å². The quantitative estimate of drug-likeness (QED) is 0.629. The van der Waals surface area contributed by atoms with Crippen LogP contribution in [0.25, 0.3) is 0 Å². The Kier molecular flexibility index (Phi) is 6.12. The highest BCUT2D eigenvalue weighted by atomic mass is 32.2. The van der Waals surface area contributed by atoms with Gasteiger partial charge in [0.05, 0.1) is 6.54 Å². The van der Waals surface area contributed by atoms with Gasteiger partial charge in [-0.1, -0.05) is 12.8 Å². The molecule has 1 aliphatic rings. The Balaban J connectivity index is 2.39. The Bertz CT molecular complexity index is 302. The van der Waals surface area contributed by atoms with Gasteiger partial charge in [0, 0.05) is 34.4 Å². The van der Waals surface area contributed by atoms with Gasteiger partial charge >= 0.3 is 0 Å². The maximum Gasteiger partial charge on any atom is 0.191 e. The van der Waals surface area contributed by atoms with E-state index in [9.17, 15) is 4.21 Å². The van der Waals surface area contributed by atoms with Gasteiger partial charge in [-0.25, -0.2) is 0 Å². The summed E-state index contributed by atoms with van der Waals surface area (Å²) in [7, 11) is -0.843. The Morgan fingerprint density at radius 2 is 1.78 bits per heavy atom. The second-order valence-electron chi connectivity index (χ2n) is 5.80.